The Morgan fingerprint density at radius 3 is 2.90 bits per heavy atom. The van der Waals surface area contributed by atoms with Gasteiger partial charge >= 0.3 is 0 Å². The molecule has 1 unspecified atom stereocenters. The van der Waals surface area contributed by atoms with Crippen molar-refractivity contribution in [2.24, 2.45) is 0 Å². The summed E-state index contributed by atoms with van der Waals surface area (Å²) in [5.41, 5.74) is 0.608. The third-order valence-electron chi connectivity index (χ3n) is 3.83. The molecular formula is C14H19N3O3. The van der Waals surface area contributed by atoms with E-state index in [-0.39, 0.29) is 17.6 Å². The number of nitro benzene ring substituents is 1. The van der Waals surface area contributed by atoms with Crippen LogP contribution in [0.25, 0.3) is 0 Å². The number of hydrogen-bond donors (Lipinski definition) is 1. The number of carbonyl (C=O) groups is 1. The summed E-state index contributed by atoms with van der Waals surface area (Å²) in [5.74, 6) is -0.123. The molecule has 2 rings (SSSR count). The normalized spacial score (nSPS) is 18.1. The Kier molecular flexibility index (Phi) is 4.22. The van der Waals surface area contributed by atoms with Gasteiger partial charge in [-0.25, -0.2) is 0 Å². The second-order valence-corrected chi connectivity index (χ2v) is 4.91. The summed E-state index contributed by atoms with van der Waals surface area (Å²) < 4.78 is 0. The minimum absolute atomic E-state index is 0.0643. The van der Waals surface area contributed by atoms with Crippen molar-refractivity contribution in [3.05, 3.63) is 33.9 Å². The lowest BCUT2D eigenvalue weighted by molar-refractivity contribution is -0.384. The molecule has 1 aromatic rings. The molecule has 6 heteroatoms. The van der Waals surface area contributed by atoms with Gasteiger partial charge in [-0.2, -0.15) is 0 Å². The van der Waals surface area contributed by atoms with Gasteiger partial charge in [0.05, 0.1) is 10.5 Å². The Morgan fingerprint density at radius 1 is 1.55 bits per heavy atom. The van der Waals surface area contributed by atoms with Crippen LogP contribution in [-0.2, 0) is 0 Å². The van der Waals surface area contributed by atoms with Gasteiger partial charge < -0.3 is 10.2 Å². The van der Waals surface area contributed by atoms with Crippen molar-refractivity contribution < 1.29 is 9.72 Å². The van der Waals surface area contributed by atoms with E-state index < -0.39 is 4.92 Å². The fourth-order valence-electron chi connectivity index (χ4n) is 2.82. The van der Waals surface area contributed by atoms with E-state index in [1.165, 1.54) is 6.07 Å². The average molecular weight is 277 g/mol. The fourth-order valence-corrected chi connectivity index (χ4v) is 2.82. The highest BCUT2D eigenvalue weighted by Crippen LogP contribution is 2.31. The molecule has 0 aliphatic carbocycles. The molecule has 1 atom stereocenters. The second kappa shape index (κ2) is 5.90. The standard InChI is InChI=1S/C14H19N3O3/c1-3-10-6-5-9-16(10)14(18)11-7-4-8-12(17(19)20)13(11)15-2/h4,7-8,10,15H,3,5-6,9H2,1-2H3. The SMILES string of the molecule is CCC1CCCN1C(=O)c1cccc([N+](=O)[O-])c1NC. The first-order chi connectivity index (χ1) is 9.60. The fraction of sp³-hybridized carbons (Fsp3) is 0.500. The van der Waals surface area contributed by atoms with Gasteiger partial charge in [0, 0.05) is 25.7 Å². The molecule has 0 bridgehead atoms. The largest absolute Gasteiger partial charge is 0.382 e. The first kappa shape index (κ1) is 14.3. The smallest absolute Gasteiger partial charge is 0.293 e. The van der Waals surface area contributed by atoms with Crippen molar-refractivity contribution in [1.82, 2.24) is 4.90 Å². The number of para-hydroxylation sites is 1. The van der Waals surface area contributed by atoms with Gasteiger partial charge in [0.2, 0.25) is 0 Å². The molecule has 1 aromatic carbocycles. The van der Waals surface area contributed by atoms with Crippen LogP contribution in [0.1, 0.15) is 36.5 Å². The van der Waals surface area contributed by atoms with E-state index in [1.54, 1.807) is 19.2 Å². The van der Waals surface area contributed by atoms with Crippen LogP contribution in [0.3, 0.4) is 0 Å². The maximum atomic E-state index is 12.6. The van der Waals surface area contributed by atoms with Gasteiger partial charge in [-0.3, -0.25) is 14.9 Å². The van der Waals surface area contributed by atoms with Crippen molar-refractivity contribution in [1.29, 1.82) is 0 Å². The maximum absolute atomic E-state index is 12.6. The molecule has 1 aliphatic heterocycles. The second-order valence-electron chi connectivity index (χ2n) is 4.91. The Balaban J connectivity index is 2.39. The number of rotatable bonds is 4. The molecule has 6 nitrogen and oxygen atoms in total. The number of anilines is 1. The van der Waals surface area contributed by atoms with Gasteiger partial charge in [0.15, 0.2) is 0 Å². The minimum atomic E-state index is -0.468. The summed E-state index contributed by atoms with van der Waals surface area (Å²) in [6.45, 7) is 2.78. The molecule has 20 heavy (non-hydrogen) atoms. The van der Waals surface area contributed by atoms with E-state index >= 15 is 0 Å². The summed E-state index contributed by atoms with van der Waals surface area (Å²) in [6.07, 6.45) is 2.91. The summed E-state index contributed by atoms with van der Waals surface area (Å²) in [4.78, 5) is 25.0. The van der Waals surface area contributed by atoms with Crippen molar-refractivity contribution in [3.8, 4) is 0 Å². The molecule has 1 amide bonds. The average Bonchev–Trinajstić information content (AvgIpc) is 2.93. The van der Waals surface area contributed by atoms with Gasteiger partial charge in [0.1, 0.15) is 5.69 Å². The highest BCUT2D eigenvalue weighted by molar-refractivity contribution is 6.01. The third kappa shape index (κ3) is 2.45. The van der Waals surface area contributed by atoms with Crippen molar-refractivity contribution >= 4 is 17.3 Å². The molecular weight excluding hydrogens is 258 g/mol. The molecule has 108 valence electrons. The Hall–Kier alpha value is -2.11. The highest BCUT2D eigenvalue weighted by Gasteiger charge is 2.31. The van der Waals surface area contributed by atoms with Crippen LogP contribution in [0.5, 0.6) is 0 Å². The van der Waals surface area contributed by atoms with Crippen LogP contribution < -0.4 is 5.32 Å². The number of amides is 1. The van der Waals surface area contributed by atoms with Gasteiger partial charge in [-0.1, -0.05) is 13.0 Å². The number of benzene rings is 1. The quantitative estimate of drug-likeness (QED) is 0.678. The molecule has 1 aliphatic rings. The van der Waals surface area contributed by atoms with Crippen molar-refractivity contribution in [3.63, 3.8) is 0 Å². The van der Waals surface area contributed by atoms with Gasteiger partial charge in [-0.15, -0.1) is 0 Å². The number of hydrogen-bond acceptors (Lipinski definition) is 4. The zero-order valence-electron chi connectivity index (χ0n) is 11.8. The number of nitro groups is 1. The maximum Gasteiger partial charge on any atom is 0.293 e. The predicted octanol–water partition coefficient (Wildman–Crippen LogP) is 2.65. The summed E-state index contributed by atoms with van der Waals surface area (Å²) >= 11 is 0. The molecule has 0 radical (unpaired) electrons. The summed E-state index contributed by atoms with van der Waals surface area (Å²) in [5, 5.41) is 13.8. The van der Waals surface area contributed by atoms with Crippen molar-refractivity contribution in [2.45, 2.75) is 32.2 Å². The number of nitrogens with zero attached hydrogens (tertiary/aromatic N) is 2. The van der Waals surface area contributed by atoms with Crippen LogP contribution in [0.2, 0.25) is 0 Å². The first-order valence-electron chi connectivity index (χ1n) is 6.86. The third-order valence-corrected chi connectivity index (χ3v) is 3.83. The molecule has 1 N–H and O–H groups in total. The zero-order valence-corrected chi connectivity index (χ0v) is 11.8. The molecule has 0 aromatic heterocycles. The van der Waals surface area contributed by atoms with E-state index in [4.69, 9.17) is 0 Å². The van der Waals surface area contributed by atoms with E-state index in [0.29, 0.717) is 11.3 Å². The minimum Gasteiger partial charge on any atom is -0.382 e. The molecule has 1 heterocycles. The Bertz CT molecular complexity index is 530. The molecule has 0 saturated carbocycles. The van der Waals surface area contributed by atoms with E-state index in [2.05, 4.69) is 12.2 Å². The highest BCUT2D eigenvalue weighted by atomic mass is 16.6. The van der Waals surface area contributed by atoms with Crippen molar-refractivity contribution in [2.75, 3.05) is 18.9 Å². The van der Waals surface area contributed by atoms with Crippen LogP contribution in [-0.4, -0.2) is 35.4 Å². The van der Waals surface area contributed by atoms with Crippen LogP contribution in [0, 0.1) is 10.1 Å². The molecule has 1 fully saturated rings. The summed E-state index contributed by atoms with van der Waals surface area (Å²) in [6, 6.07) is 4.85. The van der Waals surface area contributed by atoms with E-state index in [0.717, 1.165) is 25.8 Å². The predicted molar refractivity (Wildman–Crippen MR) is 77.0 cm³/mol. The van der Waals surface area contributed by atoms with Gasteiger partial charge in [0.25, 0.3) is 11.6 Å². The first-order valence-corrected chi connectivity index (χ1v) is 6.86. The lowest BCUT2D eigenvalue weighted by atomic mass is 10.1. The number of nitrogens with one attached hydrogen (secondary N) is 1. The number of likely N-dealkylation sites (tertiary alicyclic amines) is 1. The summed E-state index contributed by atoms with van der Waals surface area (Å²) in [7, 11) is 1.60. The molecule has 1 saturated heterocycles. The van der Waals surface area contributed by atoms with E-state index in [9.17, 15) is 14.9 Å². The van der Waals surface area contributed by atoms with Crippen LogP contribution >= 0.6 is 0 Å². The Labute approximate surface area is 117 Å². The lowest BCUT2D eigenvalue weighted by Crippen LogP contribution is -2.35. The van der Waals surface area contributed by atoms with Crippen LogP contribution in [0.4, 0.5) is 11.4 Å². The molecule has 0 spiro atoms. The van der Waals surface area contributed by atoms with Crippen LogP contribution in [0.15, 0.2) is 18.2 Å². The number of carbonyl (C=O) groups excluding carboxylic acids is 1. The van der Waals surface area contributed by atoms with Gasteiger partial charge in [-0.05, 0) is 25.3 Å². The Morgan fingerprint density at radius 2 is 2.30 bits per heavy atom. The zero-order chi connectivity index (χ0) is 14.7. The topological polar surface area (TPSA) is 75.5 Å². The monoisotopic (exact) mass is 277 g/mol. The van der Waals surface area contributed by atoms with E-state index in [1.807, 2.05) is 4.90 Å². The lowest BCUT2D eigenvalue weighted by Gasteiger charge is -2.24.